The van der Waals surface area contributed by atoms with Gasteiger partial charge in [-0.2, -0.15) is 0 Å². The lowest BCUT2D eigenvalue weighted by molar-refractivity contribution is -0.149. The Kier molecular flexibility index (Phi) is 5.41. The molecule has 6 nitrogen and oxygen atoms in total. The standard InChI is InChI=1S/C20H29N3O3S/c24-18(25)20-7-1-5-16(20)12-23(14-20)19(26)21-10-15-4-2-8-22(11-15)13-17-6-3-9-27-17/h3,6,9,15-16H,1-2,4-5,7-8,10-14H2,(H,21,26)(H,24,25)/t15?,16-,20+/m0/s1. The van der Waals surface area contributed by atoms with Crippen molar-refractivity contribution in [2.45, 2.75) is 38.6 Å². The van der Waals surface area contributed by atoms with Gasteiger partial charge in [-0.25, -0.2) is 4.79 Å². The number of likely N-dealkylation sites (tertiary alicyclic amines) is 2. The van der Waals surface area contributed by atoms with Crippen LogP contribution < -0.4 is 5.32 Å². The molecule has 3 fully saturated rings. The van der Waals surface area contributed by atoms with Crippen molar-refractivity contribution in [3.63, 3.8) is 0 Å². The molecule has 1 aromatic heterocycles. The molecular formula is C20H29N3O3S. The minimum Gasteiger partial charge on any atom is -0.481 e. The van der Waals surface area contributed by atoms with Crippen LogP contribution in [0.5, 0.6) is 0 Å². The summed E-state index contributed by atoms with van der Waals surface area (Å²) in [6, 6.07) is 4.19. The normalized spacial score (nSPS) is 31.0. The number of carbonyl (C=O) groups is 2. The molecule has 1 aliphatic carbocycles. The average molecular weight is 392 g/mol. The number of fused-ring (bicyclic) bond motifs is 1. The van der Waals surface area contributed by atoms with E-state index in [9.17, 15) is 14.7 Å². The van der Waals surface area contributed by atoms with Crippen LogP contribution in [0.4, 0.5) is 4.79 Å². The number of rotatable bonds is 5. The van der Waals surface area contributed by atoms with Crippen molar-refractivity contribution >= 4 is 23.3 Å². The van der Waals surface area contributed by atoms with E-state index in [1.54, 1.807) is 16.2 Å². The van der Waals surface area contributed by atoms with Crippen LogP contribution in [0, 0.1) is 17.3 Å². The van der Waals surface area contributed by atoms with Crippen molar-refractivity contribution in [3.05, 3.63) is 22.4 Å². The third kappa shape index (κ3) is 3.85. The van der Waals surface area contributed by atoms with Crippen LogP contribution in [0.1, 0.15) is 37.0 Å². The molecule has 3 atom stereocenters. The summed E-state index contributed by atoms with van der Waals surface area (Å²) in [7, 11) is 0. The first kappa shape index (κ1) is 18.7. The van der Waals surface area contributed by atoms with E-state index in [2.05, 4.69) is 27.7 Å². The molecule has 0 spiro atoms. The summed E-state index contributed by atoms with van der Waals surface area (Å²) >= 11 is 1.80. The van der Waals surface area contributed by atoms with Gasteiger partial charge in [-0.15, -0.1) is 11.3 Å². The molecule has 2 N–H and O–H groups in total. The van der Waals surface area contributed by atoms with E-state index in [-0.39, 0.29) is 11.9 Å². The first-order valence-corrected chi connectivity index (χ1v) is 11.0. The van der Waals surface area contributed by atoms with Crippen LogP contribution in [0.25, 0.3) is 0 Å². The van der Waals surface area contributed by atoms with Gasteiger partial charge in [-0.05, 0) is 55.5 Å². The second-order valence-electron chi connectivity index (χ2n) is 8.44. The van der Waals surface area contributed by atoms with Crippen molar-refractivity contribution in [3.8, 4) is 0 Å². The first-order valence-electron chi connectivity index (χ1n) is 10.1. The molecule has 1 unspecified atom stereocenters. The van der Waals surface area contributed by atoms with Crippen LogP contribution >= 0.6 is 11.3 Å². The zero-order valence-corrected chi connectivity index (χ0v) is 16.5. The Hall–Kier alpha value is -1.60. The molecule has 7 heteroatoms. The predicted octanol–water partition coefficient (Wildman–Crippen LogP) is 2.86. The van der Waals surface area contributed by atoms with Crippen LogP contribution in [0.15, 0.2) is 17.5 Å². The number of thiophene rings is 1. The van der Waals surface area contributed by atoms with Crippen molar-refractivity contribution in [1.29, 1.82) is 0 Å². The quantitative estimate of drug-likeness (QED) is 0.810. The van der Waals surface area contributed by atoms with Gasteiger partial charge in [0.2, 0.25) is 0 Å². The van der Waals surface area contributed by atoms with Gasteiger partial charge in [0, 0.05) is 37.6 Å². The predicted molar refractivity (Wildman–Crippen MR) is 105 cm³/mol. The van der Waals surface area contributed by atoms with E-state index in [1.807, 2.05) is 0 Å². The molecule has 2 saturated heterocycles. The van der Waals surface area contributed by atoms with Crippen LogP contribution in [0.3, 0.4) is 0 Å². The lowest BCUT2D eigenvalue weighted by Crippen LogP contribution is -2.45. The number of nitrogens with one attached hydrogen (secondary N) is 1. The monoisotopic (exact) mass is 391 g/mol. The highest BCUT2D eigenvalue weighted by Crippen LogP contribution is 2.48. The fraction of sp³-hybridized carbons (Fsp3) is 0.700. The summed E-state index contributed by atoms with van der Waals surface area (Å²) in [5.74, 6) is -0.133. The van der Waals surface area contributed by atoms with Crippen LogP contribution in [-0.4, -0.2) is 59.6 Å². The lowest BCUT2D eigenvalue weighted by Gasteiger charge is -2.33. The number of hydrogen-bond acceptors (Lipinski definition) is 4. The van der Waals surface area contributed by atoms with E-state index in [4.69, 9.17) is 0 Å². The zero-order valence-electron chi connectivity index (χ0n) is 15.7. The molecule has 148 valence electrons. The maximum absolute atomic E-state index is 12.6. The van der Waals surface area contributed by atoms with Gasteiger partial charge in [-0.1, -0.05) is 12.5 Å². The Morgan fingerprint density at radius 3 is 2.93 bits per heavy atom. The summed E-state index contributed by atoms with van der Waals surface area (Å²) in [5.41, 5.74) is -0.695. The summed E-state index contributed by atoms with van der Waals surface area (Å²) < 4.78 is 0. The number of amides is 2. The van der Waals surface area contributed by atoms with E-state index in [0.717, 1.165) is 38.9 Å². The summed E-state index contributed by atoms with van der Waals surface area (Å²) in [5, 5.41) is 14.9. The highest BCUT2D eigenvalue weighted by atomic mass is 32.1. The zero-order chi connectivity index (χ0) is 18.9. The Labute approximate surface area is 164 Å². The topological polar surface area (TPSA) is 72.9 Å². The molecule has 0 aromatic carbocycles. The molecule has 0 bridgehead atoms. The smallest absolute Gasteiger partial charge is 0.317 e. The molecule has 0 radical (unpaired) electrons. The number of hydrogen-bond donors (Lipinski definition) is 2. The van der Waals surface area contributed by atoms with Crippen molar-refractivity contribution in [1.82, 2.24) is 15.1 Å². The third-order valence-corrected chi connectivity index (χ3v) is 7.55. The van der Waals surface area contributed by atoms with Crippen molar-refractivity contribution in [2.75, 3.05) is 32.7 Å². The Balaban J connectivity index is 1.26. The number of carbonyl (C=O) groups excluding carboxylic acids is 1. The number of urea groups is 1. The van der Waals surface area contributed by atoms with Gasteiger partial charge in [-0.3, -0.25) is 9.69 Å². The lowest BCUT2D eigenvalue weighted by atomic mass is 9.81. The number of carboxylic acid groups (broad SMARTS) is 1. The fourth-order valence-electron chi connectivity index (χ4n) is 5.22. The van der Waals surface area contributed by atoms with E-state index in [1.165, 1.54) is 11.3 Å². The van der Waals surface area contributed by atoms with Crippen molar-refractivity contribution < 1.29 is 14.7 Å². The van der Waals surface area contributed by atoms with Crippen molar-refractivity contribution in [2.24, 2.45) is 17.3 Å². The Bertz CT molecular complexity index is 680. The molecule has 27 heavy (non-hydrogen) atoms. The van der Waals surface area contributed by atoms with Crippen LogP contribution in [0.2, 0.25) is 0 Å². The molecule has 4 rings (SSSR count). The molecule has 2 aliphatic heterocycles. The molecule has 1 aromatic rings. The van der Waals surface area contributed by atoms with Gasteiger partial charge in [0.25, 0.3) is 0 Å². The van der Waals surface area contributed by atoms with E-state index >= 15 is 0 Å². The van der Waals surface area contributed by atoms with Crippen LogP contribution in [-0.2, 0) is 11.3 Å². The molecule has 3 heterocycles. The Morgan fingerprint density at radius 1 is 1.30 bits per heavy atom. The van der Waals surface area contributed by atoms with Gasteiger partial charge in [0.1, 0.15) is 0 Å². The number of carboxylic acids is 1. The molecular weight excluding hydrogens is 362 g/mol. The fourth-order valence-corrected chi connectivity index (χ4v) is 5.97. The van der Waals surface area contributed by atoms with E-state index < -0.39 is 11.4 Å². The minimum absolute atomic E-state index is 0.0830. The largest absolute Gasteiger partial charge is 0.481 e. The third-order valence-electron chi connectivity index (χ3n) is 6.69. The number of nitrogens with zero attached hydrogens (tertiary/aromatic N) is 2. The molecule has 1 saturated carbocycles. The maximum Gasteiger partial charge on any atom is 0.317 e. The number of piperidine rings is 1. The first-order chi connectivity index (χ1) is 13.1. The van der Waals surface area contributed by atoms with Gasteiger partial charge in [0.05, 0.1) is 5.41 Å². The second kappa shape index (κ2) is 7.80. The minimum atomic E-state index is -0.725. The maximum atomic E-state index is 12.6. The second-order valence-corrected chi connectivity index (χ2v) is 9.47. The highest BCUT2D eigenvalue weighted by molar-refractivity contribution is 7.09. The average Bonchev–Trinajstić information content (AvgIpc) is 3.35. The molecule has 3 aliphatic rings. The summed E-state index contributed by atoms with van der Waals surface area (Å²) in [6.45, 7) is 4.77. The number of aliphatic carboxylic acids is 1. The van der Waals surface area contributed by atoms with Gasteiger partial charge < -0.3 is 15.3 Å². The summed E-state index contributed by atoms with van der Waals surface area (Å²) in [6.07, 6.45) is 4.91. The van der Waals surface area contributed by atoms with E-state index in [0.29, 0.717) is 32.0 Å². The molecule has 2 amide bonds. The highest BCUT2D eigenvalue weighted by Gasteiger charge is 2.55. The van der Waals surface area contributed by atoms with Gasteiger partial charge in [0.15, 0.2) is 0 Å². The summed E-state index contributed by atoms with van der Waals surface area (Å²) in [4.78, 5) is 30.0. The van der Waals surface area contributed by atoms with Gasteiger partial charge >= 0.3 is 12.0 Å². The SMILES string of the molecule is O=C(NCC1CCCN(Cc2cccs2)C1)N1C[C@@H]2CCC[C@@]2(C(=O)O)C1. The Morgan fingerprint density at radius 2 is 2.19 bits per heavy atom.